The summed E-state index contributed by atoms with van der Waals surface area (Å²) in [4.78, 5) is 16.7. The van der Waals surface area contributed by atoms with E-state index >= 15 is 0 Å². The van der Waals surface area contributed by atoms with Crippen molar-refractivity contribution in [3.63, 3.8) is 0 Å². The highest BCUT2D eigenvalue weighted by Crippen LogP contribution is 2.32. The lowest BCUT2D eigenvalue weighted by Gasteiger charge is -2.22. The summed E-state index contributed by atoms with van der Waals surface area (Å²) in [7, 11) is 0. The Morgan fingerprint density at radius 2 is 1.64 bits per heavy atom. The Balaban J connectivity index is 1.56. The van der Waals surface area contributed by atoms with Crippen LogP contribution in [0.4, 0.5) is 5.69 Å². The Bertz CT molecular complexity index is 971. The van der Waals surface area contributed by atoms with Gasteiger partial charge in [-0.3, -0.25) is 15.1 Å². The molecule has 4 nitrogen and oxygen atoms in total. The zero-order valence-corrected chi connectivity index (χ0v) is 17.3. The number of aromatic nitrogens is 1. The third-order valence-electron chi connectivity index (χ3n) is 5.29. The van der Waals surface area contributed by atoms with Crippen molar-refractivity contribution in [3.05, 3.63) is 93.2 Å². The molecule has 0 spiro atoms. The van der Waals surface area contributed by atoms with E-state index in [1.165, 1.54) is 22.3 Å². The molecule has 5 heteroatoms. The number of carbonyl (C=O) groups is 1. The first kappa shape index (κ1) is 18.8. The minimum Gasteiger partial charge on any atom is -0.323 e. The van der Waals surface area contributed by atoms with Crippen LogP contribution in [0, 0.1) is 6.92 Å². The van der Waals surface area contributed by atoms with Gasteiger partial charge in [-0.15, -0.1) is 0 Å². The molecule has 142 valence electrons. The third kappa shape index (κ3) is 3.86. The molecular formula is C23H22BrN3O. The van der Waals surface area contributed by atoms with Crippen molar-refractivity contribution in [2.75, 3.05) is 11.9 Å². The van der Waals surface area contributed by atoms with E-state index in [0.717, 1.165) is 28.6 Å². The van der Waals surface area contributed by atoms with Gasteiger partial charge in [-0.05, 0) is 63.5 Å². The lowest BCUT2D eigenvalue weighted by atomic mass is 9.94. The predicted molar refractivity (Wildman–Crippen MR) is 115 cm³/mol. The molecule has 0 unspecified atom stereocenters. The number of halogens is 1. The summed E-state index contributed by atoms with van der Waals surface area (Å²) in [5.41, 5.74) is 6.87. The third-order valence-corrected chi connectivity index (χ3v) is 6.09. The van der Waals surface area contributed by atoms with E-state index in [0.29, 0.717) is 0 Å². The van der Waals surface area contributed by atoms with Crippen LogP contribution in [0.25, 0.3) is 0 Å². The molecule has 0 atom stereocenters. The largest absolute Gasteiger partial charge is 0.323 e. The van der Waals surface area contributed by atoms with Gasteiger partial charge in [0.05, 0.1) is 24.5 Å². The molecule has 1 aliphatic rings. The molecule has 2 N–H and O–H groups in total. The van der Waals surface area contributed by atoms with Gasteiger partial charge in [0, 0.05) is 10.7 Å². The van der Waals surface area contributed by atoms with Crippen LogP contribution in [-0.2, 0) is 17.6 Å². The number of hydrogen-bond acceptors (Lipinski definition) is 3. The van der Waals surface area contributed by atoms with Gasteiger partial charge < -0.3 is 5.32 Å². The number of anilines is 1. The van der Waals surface area contributed by atoms with E-state index < -0.39 is 0 Å². The van der Waals surface area contributed by atoms with E-state index in [9.17, 15) is 4.79 Å². The molecule has 28 heavy (non-hydrogen) atoms. The standard InChI is InChI=1S/C23H22BrN3O/c1-15-20(24)12-25-13-21(15)27-22(28)14-26-23-18-8-4-2-6-16(18)10-11-17-7-3-5-9-19(17)23/h2-9,12-13,23,26H,10-11,14H2,1H3,(H,27,28). The van der Waals surface area contributed by atoms with Gasteiger partial charge in [-0.1, -0.05) is 48.5 Å². The van der Waals surface area contributed by atoms with Crippen LogP contribution in [-0.4, -0.2) is 17.4 Å². The molecule has 1 amide bonds. The average Bonchev–Trinajstić information content (AvgIpc) is 2.87. The topological polar surface area (TPSA) is 54.0 Å². The minimum atomic E-state index is -0.0813. The molecule has 0 saturated carbocycles. The second-order valence-electron chi connectivity index (χ2n) is 7.05. The highest BCUT2D eigenvalue weighted by Gasteiger charge is 2.23. The lowest BCUT2D eigenvalue weighted by molar-refractivity contribution is -0.115. The molecule has 1 heterocycles. The number of fused-ring (bicyclic) bond motifs is 2. The Morgan fingerprint density at radius 3 is 2.29 bits per heavy atom. The van der Waals surface area contributed by atoms with E-state index in [4.69, 9.17) is 0 Å². The zero-order chi connectivity index (χ0) is 19.5. The first-order chi connectivity index (χ1) is 13.6. The summed E-state index contributed by atoms with van der Waals surface area (Å²) in [6, 6.07) is 17.0. The van der Waals surface area contributed by atoms with Crippen LogP contribution >= 0.6 is 15.9 Å². The number of hydrogen-bond donors (Lipinski definition) is 2. The van der Waals surface area contributed by atoms with Crippen molar-refractivity contribution in [1.82, 2.24) is 10.3 Å². The van der Waals surface area contributed by atoms with Crippen molar-refractivity contribution in [2.45, 2.75) is 25.8 Å². The maximum absolute atomic E-state index is 12.6. The molecule has 1 aromatic heterocycles. The number of nitrogens with one attached hydrogen (secondary N) is 2. The second kappa shape index (κ2) is 8.25. The molecule has 4 rings (SSSR count). The maximum Gasteiger partial charge on any atom is 0.238 e. The molecule has 0 bridgehead atoms. The molecular weight excluding hydrogens is 414 g/mol. The molecule has 3 aromatic rings. The first-order valence-corrected chi connectivity index (χ1v) is 10.2. The fourth-order valence-electron chi connectivity index (χ4n) is 3.76. The fourth-order valence-corrected chi connectivity index (χ4v) is 4.09. The quantitative estimate of drug-likeness (QED) is 0.630. The minimum absolute atomic E-state index is 0.00221. The van der Waals surface area contributed by atoms with E-state index in [1.54, 1.807) is 12.4 Å². The highest BCUT2D eigenvalue weighted by atomic mass is 79.9. The number of aryl methyl sites for hydroxylation is 2. The van der Waals surface area contributed by atoms with Crippen molar-refractivity contribution in [1.29, 1.82) is 0 Å². The molecule has 0 saturated heterocycles. The van der Waals surface area contributed by atoms with Crippen LogP contribution in [0.1, 0.15) is 33.9 Å². The maximum atomic E-state index is 12.6. The zero-order valence-electron chi connectivity index (χ0n) is 15.7. The van der Waals surface area contributed by atoms with Gasteiger partial charge in [0.15, 0.2) is 0 Å². The average molecular weight is 436 g/mol. The Hall–Kier alpha value is -2.50. The summed E-state index contributed by atoms with van der Waals surface area (Å²) >= 11 is 3.45. The van der Waals surface area contributed by atoms with E-state index in [2.05, 4.69) is 80.1 Å². The monoisotopic (exact) mass is 435 g/mol. The van der Waals surface area contributed by atoms with Crippen molar-refractivity contribution >= 4 is 27.5 Å². The van der Waals surface area contributed by atoms with Crippen molar-refractivity contribution in [2.24, 2.45) is 0 Å². The second-order valence-corrected chi connectivity index (χ2v) is 7.91. The summed E-state index contributed by atoms with van der Waals surface area (Å²) < 4.78 is 0.880. The normalized spacial score (nSPS) is 13.4. The van der Waals surface area contributed by atoms with Crippen molar-refractivity contribution in [3.8, 4) is 0 Å². The van der Waals surface area contributed by atoms with E-state index in [-0.39, 0.29) is 18.5 Å². The van der Waals surface area contributed by atoms with Gasteiger partial charge in [-0.25, -0.2) is 0 Å². The Labute approximate surface area is 173 Å². The number of rotatable bonds is 4. The summed E-state index contributed by atoms with van der Waals surface area (Å²) in [6.45, 7) is 2.17. The number of pyridine rings is 1. The van der Waals surface area contributed by atoms with Gasteiger partial charge >= 0.3 is 0 Å². The molecule has 0 fully saturated rings. The predicted octanol–water partition coefficient (Wildman–Crippen LogP) is 4.57. The number of benzene rings is 2. The highest BCUT2D eigenvalue weighted by molar-refractivity contribution is 9.10. The lowest BCUT2D eigenvalue weighted by Crippen LogP contribution is -2.32. The van der Waals surface area contributed by atoms with Crippen LogP contribution in [0.15, 0.2) is 65.4 Å². The van der Waals surface area contributed by atoms with Gasteiger partial charge in [0.25, 0.3) is 0 Å². The van der Waals surface area contributed by atoms with Crippen LogP contribution < -0.4 is 10.6 Å². The fraction of sp³-hybridized carbons (Fsp3) is 0.217. The SMILES string of the molecule is Cc1c(Br)cncc1NC(=O)CNC1c2ccccc2CCc2ccccc21. The number of amides is 1. The number of nitrogens with zero attached hydrogens (tertiary/aromatic N) is 1. The molecule has 0 aliphatic heterocycles. The van der Waals surface area contributed by atoms with Crippen LogP contribution in [0.2, 0.25) is 0 Å². The summed E-state index contributed by atoms with van der Waals surface area (Å²) in [5.74, 6) is -0.0813. The Kier molecular flexibility index (Phi) is 5.55. The molecule has 0 radical (unpaired) electrons. The first-order valence-electron chi connectivity index (χ1n) is 9.42. The van der Waals surface area contributed by atoms with Crippen molar-refractivity contribution < 1.29 is 4.79 Å². The smallest absolute Gasteiger partial charge is 0.238 e. The summed E-state index contributed by atoms with van der Waals surface area (Å²) in [5, 5.41) is 6.44. The van der Waals surface area contributed by atoms with Gasteiger partial charge in [0.1, 0.15) is 0 Å². The Morgan fingerprint density at radius 1 is 1.04 bits per heavy atom. The number of carbonyl (C=O) groups excluding carboxylic acids is 1. The van der Waals surface area contributed by atoms with Gasteiger partial charge in [-0.2, -0.15) is 0 Å². The molecule has 2 aromatic carbocycles. The summed E-state index contributed by atoms with van der Waals surface area (Å²) in [6.07, 6.45) is 5.43. The van der Waals surface area contributed by atoms with Crippen LogP contribution in [0.5, 0.6) is 0 Å². The van der Waals surface area contributed by atoms with E-state index in [1.807, 2.05) is 6.92 Å². The van der Waals surface area contributed by atoms with Crippen LogP contribution in [0.3, 0.4) is 0 Å². The molecule has 1 aliphatic carbocycles. The van der Waals surface area contributed by atoms with Gasteiger partial charge in [0.2, 0.25) is 5.91 Å².